The molecule has 6 heteroatoms. The number of rotatable bonds is 3. The van der Waals surface area contributed by atoms with Crippen LogP contribution in [0, 0.1) is 0 Å². The maximum absolute atomic E-state index is 11.6. The Morgan fingerprint density at radius 2 is 2.50 bits per heavy atom. The third-order valence-electron chi connectivity index (χ3n) is 2.12. The van der Waals surface area contributed by atoms with Crippen LogP contribution in [0.1, 0.15) is 19.0 Å². The number of aromatic nitrogens is 4. The number of H-pyrrole nitrogens is 1. The molecule has 0 saturated carbocycles. The number of hydrogen-bond donors (Lipinski definition) is 2. The summed E-state index contributed by atoms with van der Waals surface area (Å²) in [5, 5.41) is 9.53. The highest BCUT2D eigenvalue weighted by Gasteiger charge is 2.06. The van der Waals surface area contributed by atoms with Gasteiger partial charge in [-0.25, -0.2) is 9.78 Å². The lowest BCUT2D eigenvalue weighted by Crippen LogP contribution is -2.17. The van der Waals surface area contributed by atoms with E-state index in [2.05, 4.69) is 27.4 Å². The summed E-state index contributed by atoms with van der Waals surface area (Å²) < 4.78 is 1.36. The van der Waals surface area contributed by atoms with E-state index < -0.39 is 0 Å². The van der Waals surface area contributed by atoms with Crippen LogP contribution in [0.15, 0.2) is 24.8 Å². The first kappa shape index (κ1) is 10.4. The van der Waals surface area contributed by atoms with Crippen LogP contribution in [0.4, 0.5) is 10.6 Å². The predicted molar refractivity (Wildman–Crippen MR) is 59.2 cm³/mol. The van der Waals surface area contributed by atoms with E-state index in [1.807, 2.05) is 6.07 Å². The third kappa shape index (κ3) is 2.28. The first-order valence-corrected chi connectivity index (χ1v) is 5.13. The number of carbonyl (C=O) groups is 1. The molecular formula is C10H13N5O. The zero-order valence-corrected chi connectivity index (χ0v) is 8.97. The average molecular weight is 219 g/mol. The minimum atomic E-state index is -0.271. The fraction of sp³-hybridized carbons (Fsp3) is 0.300. The smallest absolute Gasteiger partial charge is 0.290 e. The van der Waals surface area contributed by atoms with Crippen molar-refractivity contribution in [3.63, 3.8) is 0 Å². The first-order chi connectivity index (χ1) is 7.79. The van der Waals surface area contributed by atoms with Crippen molar-refractivity contribution in [3.05, 3.63) is 30.5 Å². The molecule has 0 aliphatic heterocycles. The van der Waals surface area contributed by atoms with Gasteiger partial charge in [0.05, 0.1) is 0 Å². The lowest BCUT2D eigenvalue weighted by molar-refractivity contribution is 0.253. The van der Waals surface area contributed by atoms with E-state index in [1.165, 1.54) is 10.9 Å². The van der Waals surface area contributed by atoms with E-state index in [1.54, 1.807) is 12.4 Å². The zero-order valence-electron chi connectivity index (χ0n) is 8.97. The fourth-order valence-corrected chi connectivity index (χ4v) is 1.38. The van der Waals surface area contributed by atoms with Gasteiger partial charge in [-0.3, -0.25) is 15.0 Å². The van der Waals surface area contributed by atoms with Gasteiger partial charge in [-0.2, -0.15) is 5.10 Å². The average Bonchev–Trinajstić information content (AvgIpc) is 2.89. The Hall–Kier alpha value is -2.11. The normalized spacial score (nSPS) is 10.3. The summed E-state index contributed by atoms with van der Waals surface area (Å²) >= 11 is 0. The van der Waals surface area contributed by atoms with Crippen LogP contribution in [0.2, 0.25) is 0 Å². The number of hydrogen-bond acceptors (Lipinski definition) is 3. The number of amides is 1. The van der Waals surface area contributed by atoms with Gasteiger partial charge < -0.3 is 0 Å². The molecule has 0 atom stereocenters. The molecule has 16 heavy (non-hydrogen) atoms. The molecule has 0 bridgehead atoms. The van der Waals surface area contributed by atoms with Crippen molar-refractivity contribution in [2.75, 3.05) is 5.32 Å². The Morgan fingerprint density at radius 3 is 3.19 bits per heavy atom. The van der Waals surface area contributed by atoms with E-state index in [0.29, 0.717) is 5.82 Å². The lowest BCUT2D eigenvalue weighted by atomic mass is 10.2. The lowest BCUT2D eigenvalue weighted by Gasteiger charge is -2.00. The Morgan fingerprint density at radius 1 is 1.62 bits per heavy atom. The molecule has 0 aliphatic carbocycles. The molecular weight excluding hydrogens is 206 g/mol. The van der Waals surface area contributed by atoms with E-state index in [0.717, 1.165) is 18.5 Å². The fourth-order valence-electron chi connectivity index (χ4n) is 1.38. The second-order valence-corrected chi connectivity index (χ2v) is 3.43. The Bertz CT molecular complexity index is 459. The molecule has 0 radical (unpaired) electrons. The Labute approximate surface area is 92.7 Å². The second-order valence-electron chi connectivity index (χ2n) is 3.43. The van der Waals surface area contributed by atoms with Crippen LogP contribution in [-0.4, -0.2) is 25.8 Å². The molecule has 0 fully saturated rings. The van der Waals surface area contributed by atoms with Crippen LogP contribution in [-0.2, 0) is 6.42 Å². The van der Waals surface area contributed by atoms with E-state index in [-0.39, 0.29) is 6.03 Å². The van der Waals surface area contributed by atoms with Crippen molar-refractivity contribution in [2.45, 2.75) is 19.8 Å². The Balaban J connectivity index is 2.01. The molecule has 2 N–H and O–H groups in total. The molecule has 0 saturated heterocycles. The maximum atomic E-state index is 11.6. The molecule has 0 unspecified atom stereocenters. The predicted octanol–water partition coefficient (Wildman–Crippen LogP) is 1.64. The number of imidazole rings is 1. The van der Waals surface area contributed by atoms with Crippen LogP contribution >= 0.6 is 0 Å². The molecule has 84 valence electrons. The van der Waals surface area contributed by atoms with Crippen LogP contribution in [0.3, 0.4) is 0 Å². The minimum absolute atomic E-state index is 0.271. The van der Waals surface area contributed by atoms with Gasteiger partial charge >= 0.3 is 6.03 Å². The molecule has 2 heterocycles. The third-order valence-corrected chi connectivity index (χ3v) is 2.12. The summed E-state index contributed by atoms with van der Waals surface area (Å²) in [5.41, 5.74) is 1.02. The van der Waals surface area contributed by atoms with E-state index in [9.17, 15) is 4.79 Å². The number of anilines is 1. The molecule has 0 spiro atoms. The molecule has 1 amide bonds. The number of aromatic amines is 1. The first-order valence-electron chi connectivity index (χ1n) is 5.13. The van der Waals surface area contributed by atoms with E-state index >= 15 is 0 Å². The summed E-state index contributed by atoms with van der Waals surface area (Å²) in [7, 11) is 0. The van der Waals surface area contributed by atoms with Gasteiger partial charge in [0.25, 0.3) is 0 Å². The molecule has 2 aromatic rings. The molecule has 6 nitrogen and oxygen atoms in total. The zero-order chi connectivity index (χ0) is 11.4. The highest BCUT2D eigenvalue weighted by molar-refractivity contribution is 5.89. The molecule has 0 aliphatic rings. The van der Waals surface area contributed by atoms with Crippen molar-refractivity contribution in [1.29, 1.82) is 0 Å². The maximum Gasteiger partial charge on any atom is 0.332 e. The van der Waals surface area contributed by atoms with Gasteiger partial charge in [-0.15, -0.1) is 0 Å². The van der Waals surface area contributed by atoms with Crippen molar-refractivity contribution >= 4 is 11.8 Å². The monoisotopic (exact) mass is 219 g/mol. The number of nitrogens with zero attached hydrogens (tertiary/aromatic N) is 3. The van der Waals surface area contributed by atoms with Crippen molar-refractivity contribution in [2.24, 2.45) is 0 Å². The highest BCUT2D eigenvalue weighted by Crippen LogP contribution is 2.07. The molecule has 0 aromatic carbocycles. The van der Waals surface area contributed by atoms with Crippen LogP contribution < -0.4 is 5.32 Å². The summed E-state index contributed by atoms with van der Waals surface area (Å²) in [6.45, 7) is 2.09. The second kappa shape index (κ2) is 4.61. The standard InChI is InChI=1S/C10H13N5O/c1-2-3-8-6-9(14-13-8)12-10(16)15-5-4-11-7-15/h4-7H,2-3H2,1H3,(H2,12,13,14,16). The Kier molecular flexibility index (Phi) is 3.00. The topological polar surface area (TPSA) is 75.6 Å². The number of aryl methyl sites for hydroxylation is 1. The van der Waals surface area contributed by atoms with Crippen molar-refractivity contribution in [3.8, 4) is 0 Å². The SMILES string of the molecule is CCCc1cc(NC(=O)n2ccnc2)n[nH]1. The summed E-state index contributed by atoms with van der Waals surface area (Å²) in [4.78, 5) is 15.4. The van der Waals surface area contributed by atoms with Crippen LogP contribution in [0.25, 0.3) is 0 Å². The van der Waals surface area contributed by atoms with Gasteiger partial charge in [-0.1, -0.05) is 13.3 Å². The van der Waals surface area contributed by atoms with Gasteiger partial charge in [-0.05, 0) is 6.42 Å². The van der Waals surface area contributed by atoms with Gasteiger partial charge in [0.1, 0.15) is 6.33 Å². The summed E-state index contributed by atoms with van der Waals surface area (Å²) in [6.07, 6.45) is 6.53. The highest BCUT2D eigenvalue weighted by atomic mass is 16.2. The largest absolute Gasteiger partial charge is 0.332 e. The van der Waals surface area contributed by atoms with Gasteiger partial charge in [0.15, 0.2) is 5.82 Å². The van der Waals surface area contributed by atoms with Crippen molar-refractivity contribution < 1.29 is 4.79 Å². The summed E-state index contributed by atoms with van der Waals surface area (Å²) in [6, 6.07) is 1.56. The van der Waals surface area contributed by atoms with E-state index in [4.69, 9.17) is 0 Å². The summed E-state index contributed by atoms with van der Waals surface area (Å²) in [5.74, 6) is 0.530. The van der Waals surface area contributed by atoms with Crippen molar-refractivity contribution in [1.82, 2.24) is 19.7 Å². The molecule has 2 rings (SSSR count). The molecule has 2 aromatic heterocycles. The van der Waals surface area contributed by atoms with Gasteiger partial charge in [0, 0.05) is 24.2 Å². The number of carbonyl (C=O) groups excluding carboxylic acids is 1. The minimum Gasteiger partial charge on any atom is -0.290 e. The number of nitrogens with one attached hydrogen (secondary N) is 2. The van der Waals surface area contributed by atoms with Gasteiger partial charge in [0.2, 0.25) is 0 Å². The van der Waals surface area contributed by atoms with Crippen LogP contribution in [0.5, 0.6) is 0 Å². The quantitative estimate of drug-likeness (QED) is 0.823.